The smallest absolute Gasteiger partial charge is 0.377 e. The largest absolute Gasteiger partial charge is 0.479 e. The van der Waals surface area contributed by atoms with Crippen LogP contribution in [0.15, 0.2) is 0 Å². The minimum absolute atomic E-state index is 0.880. The molecular formula is C4H2F2I2O4. The molecule has 0 saturated heterocycles. The molecule has 0 spiro atoms. The lowest BCUT2D eigenvalue weighted by Gasteiger charge is -2.22. The summed E-state index contributed by atoms with van der Waals surface area (Å²) in [6.45, 7) is 0. The third-order valence-corrected chi connectivity index (χ3v) is 3.21. The van der Waals surface area contributed by atoms with Crippen molar-refractivity contribution in [1.82, 2.24) is 0 Å². The highest BCUT2D eigenvalue weighted by molar-refractivity contribution is 14.2. The van der Waals surface area contributed by atoms with Crippen LogP contribution in [0.2, 0.25) is 0 Å². The Morgan fingerprint density at radius 1 is 1.08 bits per heavy atom. The molecule has 0 aromatic carbocycles. The van der Waals surface area contributed by atoms with Crippen molar-refractivity contribution in [2.75, 3.05) is 0 Å². The van der Waals surface area contributed by atoms with Gasteiger partial charge in [-0.25, -0.2) is 9.59 Å². The minimum atomic E-state index is -4.29. The van der Waals surface area contributed by atoms with Crippen LogP contribution in [0.1, 0.15) is 0 Å². The van der Waals surface area contributed by atoms with Gasteiger partial charge in [-0.3, -0.25) is 0 Å². The second-order valence-electron chi connectivity index (χ2n) is 1.76. The molecule has 0 unspecified atom stereocenters. The van der Waals surface area contributed by atoms with Gasteiger partial charge in [0.05, 0.1) is 0 Å². The van der Waals surface area contributed by atoms with E-state index in [1.807, 2.05) is 0 Å². The maximum Gasteiger partial charge on any atom is 0.377 e. The third-order valence-electron chi connectivity index (χ3n) is 0.932. The summed E-state index contributed by atoms with van der Waals surface area (Å²) in [6, 6.07) is 0. The molecule has 70 valence electrons. The Balaban J connectivity index is 5.01. The van der Waals surface area contributed by atoms with Crippen molar-refractivity contribution in [1.29, 1.82) is 0 Å². The topological polar surface area (TPSA) is 74.6 Å². The number of aliphatic carboxylic acids is 2. The molecule has 0 fully saturated rings. The highest BCUT2D eigenvalue weighted by Gasteiger charge is 2.62. The summed E-state index contributed by atoms with van der Waals surface area (Å²) in [5, 5.41) is 16.3. The van der Waals surface area contributed by atoms with Gasteiger partial charge < -0.3 is 10.2 Å². The van der Waals surface area contributed by atoms with Crippen molar-refractivity contribution in [3.05, 3.63) is 0 Å². The molecule has 0 saturated carbocycles. The van der Waals surface area contributed by atoms with Crippen molar-refractivity contribution in [2.45, 2.75) is 7.35 Å². The van der Waals surface area contributed by atoms with Gasteiger partial charge >= 0.3 is 17.9 Å². The van der Waals surface area contributed by atoms with Gasteiger partial charge in [-0.1, -0.05) is 0 Å². The Hall–Kier alpha value is 0.260. The van der Waals surface area contributed by atoms with E-state index < -0.39 is 19.3 Å². The predicted octanol–water partition coefficient (Wildman–Crippen LogP) is 1.36. The Bertz CT molecular complexity index is 203. The molecule has 0 amide bonds. The fourth-order valence-electron chi connectivity index (χ4n) is 0.269. The van der Waals surface area contributed by atoms with Gasteiger partial charge in [0.25, 0.3) is 0 Å². The molecule has 0 rings (SSSR count). The van der Waals surface area contributed by atoms with Crippen LogP contribution in [0.4, 0.5) is 8.78 Å². The van der Waals surface area contributed by atoms with E-state index in [1.54, 1.807) is 0 Å². The molecule has 0 aromatic heterocycles. The molecule has 12 heavy (non-hydrogen) atoms. The maximum absolute atomic E-state index is 12.6. The Morgan fingerprint density at radius 3 is 1.50 bits per heavy atom. The van der Waals surface area contributed by atoms with E-state index in [1.165, 1.54) is 0 Å². The van der Waals surface area contributed by atoms with Gasteiger partial charge in [0.1, 0.15) is 0 Å². The lowest BCUT2D eigenvalue weighted by Crippen LogP contribution is -2.49. The van der Waals surface area contributed by atoms with Gasteiger partial charge in [-0.15, -0.1) is 0 Å². The van der Waals surface area contributed by atoms with Crippen LogP contribution in [0.5, 0.6) is 0 Å². The lowest BCUT2D eigenvalue weighted by molar-refractivity contribution is -0.170. The molecule has 0 aliphatic rings. The SMILES string of the molecule is O=C(O)C(F)(F)C(I)(I)C(=O)O. The zero-order chi connectivity index (χ0) is 10.2. The normalized spacial score (nSPS) is 12.7. The quantitative estimate of drug-likeness (QED) is 0.549. The molecule has 0 heterocycles. The highest BCUT2D eigenvalue weighted by atomic mass is 127. The van der Waals surface area contributed by atoms with Gasteiger partial charge in [0.15, 0.2) is 0 Å². The first-order valence-electron chi connectivity index (χ1n) is 2.36. The van der Waals surface area contributed by atoms with E-state index >= 15 is 0 Å². The van der Waals surface area contributed by atoms with Gasteiger partial charge in [0.2, 0.25) is 1.43 Å². The summed E-state index contributed by atoms with van der Waals surface area (Å²) < 4.78 is 22.5. The molecule has 0 atom stereocenters. The molecular weight excluding hydrogens is 404 g/mol. The fourth-order valence-corrected chi connectivity index (χ4v) is 0.730. The Kier molecular flexibility index (Phi) is 3.63. The lowest BCUT2D eigenvalue weighted by atomic mass is 10.2. The van der Waals surface area contributed by atoms with E-state index in [2.05, 4.69) is 0 Å². The minimum Gasteiger partial charge on any atom is -0.479 e. The van der Waals surface area contributed by atoms with Crippen LogP contribution in [-0.4, -0.2) is 29.5 Å². The Labute approximate surface area is 92.6 Å². The van der Waals surface area contributed by atoms with Gasteiger partial charge in [0, 0.05) is 0 Å². The zero-order valence-corrected chi connectivity index (χ0v) is 9.54. The summed E-state index contributed by atoms with van der Waals surface area (Å²) in [6.07, 6.45) is 0. The molecule has 4 nitrogen and oxygen atoms in total. The molecule has 0 bridgehead atoms. The number of carbonyl (C=O) groups is 2. The number of rotatable bonds is 3. The average molecular weight is 406 g/mol. The number of alkyl halides is 4. The van der Waals surface area contributed by atoms with E-state index in [0.29, 0.717) is 0 Å². The van der Waals surface area contributed by atoms with E-state index in [9.17, 15) is 18.4 Å². The molecule has 0 aliphatic heterocycles. The summed E-state index contributed by atoms with van der Waals surface area (Å²) in [4.78, 5) is 20.2. The summed E-state index contributed by atoms with van der Waals surface area (Å²) in [7, 11) is 0. The number of halogens is 4. The van der Waals surface area contributed by atoms with Crippen LogP contribution in [0.3, 0.4) is 0 Å². The number of hydrogen-bond acceptors (Lipinski definition) is 2. The van der Waals surface area contributed by atoms with E-state index in [-0.39, 0.29) is 0 Å². The van der Waals surface area contributed by atoms with Crippen molar-refractivity contribution in [2.24, 2.45) is 0 Å². The van der Waals surface area contributed by atoms with Gasteiger partial charge in [-0.05, 0) is 45.2 Å². The second-order valence-corrected chi connectivity index (χ2v) is 7.06. The first kappa shape index (κ1) is 12.3. The van der Waals surface area contributed by atoms with Crippen molar-refractivity contribution in [3.63, 3.8) is 0 Å². The molecule has 2 N–H and O–H groups in total. The highest BCUT2D eigenvalue weighted by Crippen LogP contribution is 2.43. The zero-order valence-electron chi connectivity index (χ0n) is 5.22. The van der Waals surface area contributed by atoms with Crippen LogP contribution >= 0.6 is 45.2 Å². The number of carboxylic acid groups (broad SMARTS) is 2. The fraction of sp³-hybridized carbons (Fsp3) is 0.500. The molecule has 0 aromatic rings. The van der Waals surface area contributed by atoms with E-state index in [0.717, 1.165) is 45.2 Å². The van der Waals surface area contributed by atoms with Crippen molar-refractivity contribution < 1.29 is 28.6 Å². The molecule has 0 aliphatic carbocycles. The first-order chi connectivity index (χ1) is 5.14. The van der Waals surface area contributed by atoms with Crippen LogP contribution in [-0.2, 0) is 9.59 Å². The van der Waals surface area contributed by atoms with Crippen LogP contribution in [0.25, 0.3) is 0 Å². The first-order valence-corrected chi connectivity index (χ1v) is 4.52. The van der Waals surface area contributed by atoms with E-state index in [4.69, 9.17) is 10.2 Å². The average Bonchev–Trinajstić information content (AvgIpc) is 1.86. The number of hydrogen-bond donors (Lipinski definition) is 2. The molecule has 8 heteroatoms. The van der Waals surface area contributed by atoms with Crippen molar-refractivity contribution in [3.8, 4) is 0 Å². The monoisotopic (exact) mass is 406 g/mol. The number of carboxylic acids is 2. The third kappa shape index (κ3) is 1.95. The van der Waals surface area contributed by atoms with Gasteiger partial charge in [-0.2, -0.15) is 8.78 Å². The predicted molar refractivity (Wildman–Crippen MR) is 51.0 cm³/mol. The summed E-state index contributed by atoms with van der Waals surface area (Å²) >= 11 is 1.76. The second kappa shape index (κ2) is 3.55. The van der Waals surface area contributed by atoms with Crippen LogP contribution < -0.4 is 0 Å². The summed E-state index contributed by atoms with van der Waals surface area (Å²) in [5.74, 6) is -8.62. The standard InChI is InChI=1S/C4H2F2I2O4/c5-3(6,1(9)10)4(7,8)2(11)12/h(H,9,10)(H,11,12). The molecule has 0 radical (unpaired) electrons. The summed E-state index contributed by atoms with van der Waals surface area (Å²) in [5.41, 5.74) is 0. The Morgan fingerprint density at radius 2 is 1.42 bits per heavy atom. The van der Waals surface area contributed by atoms with Crippen LogP contribution in [0, 0.1) is 0 Å². The van der Waals surface area contributed by atoms with Crippen molar-refractivity contribution >= 4 is 57.1 Å². The maximum atomic E-state index is 12.6.